The summed E-state index contributed by atoms with van der Waals surface area (Å²) in [7, 11) is -5.18. The Kier molecular flexibility index (Phi) is 33.4. The molecule has 0 spiro atoms. The monoisotopic (exact) mass is 897 g/mol. The summed E-state index contributed by atoms with van der Waals surface area (Å²) in [4.78, 5) is 35.7. The van der Waals surface area contributed by atoms with Crippen molar-refractivity contribution in [3.63, 3.8) is 0 Å². The number of phosphoric acid groups is 1. The molecule has 0 aromatic heterocycles. The van der Waals surface area contributed by atoms with Crippen LogP contribution in [0, 0.1) is 0 Å². The molecule has 4 unspecified atom stereocenters. The lowest BCUT2D eigenvalue weighted by Crippen LogP contribution is -2.64. The van der Waals surface area contributed by atoms with Gasteiger partial charge in [-0.25, -0.2) is 4.57 Å². The Morgan fingerprint density at radius 2 is 1.11 bits per heavy atom. The molecule has 0 aromatic carbocycles. The number of esters is 2. The molecule has 0 saturated heterocycles. The summed E-state index contributed by atoms with van der Waals surface area (Å²) in [6, 6.07) is 0. The Balaban J connectivity index is 2.59. The van der Waals surface area contributed by atoms with Crippen molar-refractivity contribution >= 4 is 19.8 Å². The first-order chi connectivity index (χ1) is 29.8. The van der Waals surface area contributed by atoms with Gasteiger partial charge < -0.3 is 45.0 Å². The topological polar surface area (TPSA) is 230 Å². The normalized spacial score (nSPS) is 23.2. The molecule has 1 aliphatic carbocycles. The molecule has 1 saturated carbocycles. The van der Waals surface area contributed by atoms with Crippen LogP contribution in [0.5, 0.6) is 0 Å². The number of carbonyl (C=O) groups is 2. The van der Waals surface area contributed by atoms with Gasteiger partial charge in [-0.2, -0.15) is 0 Å². The van der Waals surface area contributed by atoms with Crippen LogP contribution in [0.2, 0.25) is 0 Å². The molecule has 0 amide bonds. The molecule has 14 nitrogen and oxygen atoms in total. The van der Waals surface area contributed by atoms with Crippen molar-refractivity contribution in [1.29, 1.82) is 0 Å². The van der Waals surface area contributed by atoms with Gasteiger partial charge in [0.1, 0.15) is 43.2 Å². The number of carbonyl (C=O) groups excluding carboxylic acids is 2. The standard InChI is InChI=1S/C47H77O14P/c1-3-5-7-9-11-13-15-17-18-20-22-24-26-28-30-34-40(49)58-36-39(37-59-62(56,57)61-47-45(54)43(52)42(51)44(53)46(47)55)60-41(50)35-31-33-38(48)32-29-27-25-23-21-19-16-14-12-10-8-6-4-2/h6,8,11-14,17-19,21,25,27,29,32,38-39,42-48,51-55H,3-5,7,9-10,15-16,20,22-24,26,28,30-31,33-37H2,1-2H3,(H,56,57)/b8-6-,13-11-,14-12-,18-17-,21-19-,27-25-,32-29+/t38?,39-,42?,43-,44+,45-,46-,47?/m1/s1. The highest BCUT2D eigenvalue weighted by Crippen LogP contribution is 2.47. The minimum absolute atomic E-state index is 0.105. The zero-order valence-electron chi connectivity index (χ0n) is 37.0. The molecule has 1 aliphatic rings. The van der Waals surface area contributed by atoms with Crippen LogP contribution < -0.4 is 0 Å². The molecule has 0 radical (unpaired) electrons. The number of hydrogen-bond acceptors (Lipinski definition) is 13. The fourth-order valence-electron chi connectivity index (χ4n) is 6.17. The summed E-state index contributed by atoms with van der Waals surface area (Å²) >= 11 is 0. The van der Waals surface area contributed by atoms with E-state index < -0.39 is 81.8 Å². The summed E-state index contributed by atoms with van der Waals surface area (Å²) in [6.07, 6.45) is 29.4. The van der Waals surface area contributed by atoms with Gasteiger partial charge in [0.05, 0.1) is 12.7 Å². The molecule has 15 heteroatoms. The maximum absolute atomic E-state index is 12.8. The summed E-state index contributed by atoms with van der Waals surface area (Å²) in [5, 5.41) is 60.4. The van der Waals surface area contributed by atoms with E-state index in [1.54, 1.807) is 12.2 Å². The van der Waals surface area contributed by atoms with Gasteiger partial charge in [0, 0.05) is 12.8 Å². The maximum Gasteiger partial charge on any atom is 0.472 e. The van der Waals surface area contributed by atoms with E-state index in [9.17, 15) is 49.7 Å². The fraction of sp³-hybridized carbons (Fsp3) is 0.660. The number of unbranched alkanes of at least 4 members (excludes halogenated alkanes) is 8. The highest BCUT2D eigenvalue weighted by Gasteiger charge is 2.51. The zero-order valence-corrected chi connectivity index (χ0v) is 37.9. The molecule has 1 rings (SSSR count). The van der Waals surface area contributed by atoms with Crippen LogP contribution in [0.15, 0.2) is 85.1 Å². The second-order valence-electron chi connectivity index (χ2n) is 15.4. The number of ether oxygens (including phenoxy) is 2. The molecular formula is C47H77O14P. The number of hydrogen-bond donors (Lipinski definition) is 7. The van der Waals surface area contributed by atoms with E-state index in [0.29, 0.717) is 6.42 Å². The lowest BCUT2D eigenvalue weighted by Gasteiger charge is -2.41. The minimum Gasteiger partial charge on any atom is -0.462 e. The first kappa shape index (κ1) is 57.0. The number of aliphatic hydroxyl groups excluding tert-OH is 6. The second kappa shape index (κ2) is 36.3. The van der Waals surface area contributed by atoms with Crippen molar-refractivity contribution in [2.24, 2.45) is 0 Å². The Hall–Kier alpha value is -3.01. The minimum atomic E-state index is -5.18. The van der Waals surface area contributed by atoms with E-state index in [1.165, 1.54) is 19.3 Å². The van der Waals surface area contributed by atoms with Crippen LogP contribution in [-0.4, -0.2) is 110 Å². The lowest BCUT2D eigenvalue weighted by molar-refractivity contribution is -0.220. The summed E-state index contributed by atoms with van der Waals surface area (Å²) in [5.74, 6) is -1.33. The summed E-state index contributed by atoms with van der Waals surface area (Å²) < 4.78 is 33.3. The van der Waals surface area contributed by atoms with E-state index in [4.69, 9.17) is 18.5 Å². The predicted molar refractivity (Wildman–Crippen MR) is 241 cm³/mol. The van der Waals surface area contributed by atoms with E-state index in [2.05, 4.69) is 74.6 Å². The molecule has 7 N–H and O–H groups in total. The number of phosphoric ester groups is 1. The quantitative estimate of drug-likeness (QED) is 0.0108. The Bertz CT molecular complexity index is 1420. The maximum atomic E-state index is 12.8. The van der Waals surface area contributed by atoms with Gasteiger partial charge in [-0.15, -0.1) is 0 Å². The average Bonchev–Trinajstić information content (AvgIpc) is 3.25. The average molecular weight is 897 g/mol. The summed E-state index contributed by atoms with van der Waals surface area (Å²) in [6.45, 7) is 2.96. The van der Waals surface area contributed by atoms with Crippen LogP contribution in [0.1, 0.15) is 136 Å². The van der Waals surface area contributed by atoms with E-state index in [0.717, 1.165) is 70.6 Å². The number of aliphatic hydroxyl groups is 6. The van der Waals surface area contributed by atoms with Crippen molar-refractivity contribution in [3.05, 3.63) is 85.1 Å². The second-order valence-corrected chi connectivity index (χ2v) is 16.8. The Labute approximate surface area is 370 Å². The van der Waals surface area contributed by atoms with Gasteiger partial charge in [0.2, 0.25) is 0 Å². The third-order valence-corrected chi connectivity index (χ3v) is 10.8. The highest BCUT2D eigenvalue weighted by molar-refractivity contribution is 7.47. The number of rotatable bonds is 35. The van der Waals surface area contributed by atoms with Crippen molar-refractivity contribution in [1.82, 2.24) is 0 Å². The smallest absolute Gasteiger partial charge is 0.462 e. The fourth-order valence-corrected chi connectivity index (χ4v) is 7.14. The van der Waals surface area contributed by atoms with Gasteiger partial charge in [-0.1, -0.05) is 131 Å². The van der Waals surface area contributed by atoms with Crippen LogP contribution in [0.3, 0.4) is 0 Å². The van der Waals surface area contributed by atoms with E-state index in [1.807, 2.05) is 12.2 Å². The van der Waals surface area contributed by atoms with Gasteiger partial charge in [0.25, 0.3) is 0 Å². The third kappa shape index (κ3) is 28.6. The molecule has 0 aliphatic heterocycles. The first-order valence-electron chi connectivity index (χ1n) is 22.5. The van der Waals surface area contributed by atoms with Crippen LogP contribution in [0.4, 0.5) is 0 Å². The molecule has 0 heterocycles. The van der Waals surface area contributed by atoms with Crippen molar-refractivity contribution < 1.29 is 68.2 Å². The molecule has 62 heavy (non-hydrogen) atoms. The van der Waals surface area contributed by atoms with Crippen molar-refractivity contribution in [3.8, 4) is 0 Å². The molecule has 0 bridgehead atoms. The lowest BCUT2D eigenvalue weighted by atomic mass is 9.85. The number of allylic oxidation sites excluding steroid dienone is 13. The third-order valence-electron chi connectivity index (χ3n) is 9.82. The largest absolute Gasteiger partial charge is 0.472 e. The van der Waals surface area contributed by atoms with E-state index >= 15 is 0 Å². The Morgan fingerprint density at radius 1 is 0.597 bits per heavy atom. The predicted octanol–water partition coefficient (Wildman–Crippen LogP) is 7.47. The molecule has 0 aromatic rings. The molecule has 354 valence electrons. The molecule has 1 fully saturated rings. The molecular weight excluding hydrogens is 819 g/mol. The summed E-state index contributed by atoms with van der Waals surface area (Å²) in [5.41, 5.74) is 0. The Morgan fingerprint density at radius 3 is 1.73 bits per heavy atom. The van der Waals surface area contributed by atoms with Gasteiger partial charge in [-0.05, 0) is 77.0 Å². The van der Waals surface area contributed by atoms with Crippen molar-refractivity contribution in [2.45, 2.75) is 185 Å². The van der Waals surface area contributed by atoms with Crippen LogP contribution in [-0.2, 0) is 32.7 Å². The first-order valence-corrected chi connectivity index (χ1v) is 24.0. The van der Waals surface area contributed by atoms with Crippen molar-refractivity contribution in [2.75, 3.05) is 13.2 Å². The SMILES string of the molecule is CC/C=C\C/C=C\C/C=C\C/C=C\C=C\C(O)CCCC(=O)O[C@H](COC(=O)CCCCCCC/C=C\C/C=C\CCCCC)COP(=O)(O)OC1[C@H](O)[C@H](O)C(O)[C@H](O)[C@H]1O. The zero-order chi connectivity index (χ0) is 45.9. The van der Waals surface area contributed by atoms with Gasteiger partial charge >= 0.3 is 19.8 Å². The molecule has 9 atom stereocenters. The van der Waals surface area contributed by atoms with Crippen LogP contribution in [0.25, 0.3) is 0 Å². The van der Waals surface area contributed by atoms with Gasteiger partial charge in [-0.3, -0.25) is 18.6 Å². The van der Waals surface area contributed by atoms with Crippen LogP contribution >= 0.6 is 7.82 Å². The van der Waals surface area contributed by atoms with Gasteiger partial charge in [0.15, 0.2) is 6.10 Å². The van der Waals surface area contributed by atoms with E-state index in [-0.39, 0.29) is 25.7 Å². The highest BCUT2D eigenvalue weighted by atomic mass is 31.2.